The third-order valence-electron chi connectivity index (χ3n) is 5.23. The minimum Gasteiger partial charge on any atom is -0.503 e. The highest BCUT2D eigenvalue weighted by Gasteiger charge is 2.38. The van der Waals surface area contributed by atoms with Crippen molar-refractivity contribution in [2.75, 3.05) is 6.61 Å². The van der Waals surface area contributed by atoms with Gasteiger partial charge < -0.3 is 15.2 Å². The molecule has 1 aliphatic heterocycles. The Hall–Kier alpha value is -2.12. The van der Waals surface area contributed by atoms with Gasteiger partial charge in [-0.25, -0.2) is 0 Å². The van der Waals surface area contributed by atoms with Gasteiger partial charge in [0, 0.05) is 40.8 Å². The van der Waals surface area contributed by atoms with Crippen LogP contribution >= 0.6 is 27.3 Å². The monoisotopic (exact) mass is 461 g/mol. The first-order valence-corrected chi connectivity index (χ1v) is 10.9. The molecule has 2 heterocycles. The largest absolute Gasteiger partial charge is 0.503 e. The van der Waals surface area contributed by atoms with Crippen LogP contribution in [0.4, 0.5) is 0 Å². The number of ether oxygens (including phenoxy) is 1. The number of nitrogens with one attached hydrogen (secondary N) is 1. The molecule has 2 N–H and O–H groups in total. The molecule has 146 valence electrons. The van der Waals surface area contributed by atoms with Gasteiger partial charge in [-0.05, 0) is 58.4 Å². The predicted octanol–water partition coefficient (Wildman–Crippen LogP) is 4.62. The molecular weight excluding hydrogens is 442 g/mol. The van der Waals surface area contributed by atoms with E-state index in [-0.39, 0.29) is 35.7 Å². The molecule has 0 saturated carbocycles. The van der Waals surface area contributed by atoms with Crippen molar-refractivity contribution in [3.8, 4) is 11.5 Å². The second kappa shape index (κ2) is 7.72. The van der Waals surface area contributed by atoms with Crippen molar-refractivity contribution in [1.29, 1.82) is 0 Å². The highest BCUT2D eigenvalue weighted by molar-refractivity contribution is 9.10. The van der Waals surface area contributed by atoms with Crippen LogP contribution in [0.3, 0.4) is 0 Å². The number of amides is 1. The number of Topliss-reactive ketones (excluding diaryl/α,β-unsaturated/α-hetero) is 1. The van der Waals surface area contributed by atoms with Crippen LogP contribution in [0.2, 0.25) is 0 Å². The highest BCUT2D eigenvalue weighted by atomic mass is 79.9. The van der Waals surface area contributed by atoms with Gasteiger partial charge in [-0.1, -0.05) is 6.07 Å². The second-order valence-corrected chi connectivity index (χ2v) is 8.86. The number of phenols is 1. The molecular formula is C21H20BrNO4S. The molecule has 1 aromatic heterocycles. The van der Waals surface area contributed by atoms with Crippen LogP contribution in [0, 0.1) is 0 Å². The molecule has 1 aromatic carbocycles. The maximum absolute atomic E-state index is 13.1. The van der Waals surface area contributed by atoms with Crippen LogP contribution in [0.15, 0.2) is 45.4 Å². The van der Waals surface area contributed by atoms with E-state index in [1.165, 1.54) is 4.88 Å². The Balaban J connectivity index is 1.75. The van der Waals surface area contributed by atoms with Gasteiger partial charge >= 0.3 is 0 Å². The first-order chi connectivity index (χ1) is 13.5. The van der Waals surface area contributed by atoms with Gasteiger partial charge in [0.05, 0.1) is 11.1 Å². The average molecular weight is 462 g/mol. The molecule has 0 radical (unpaired) electrons. The number of carbonyl (C=O) groups is 2. The first-order valence-electron chi connectivity index (χ1n) is 9.22. The second-order valence-electron chi connectivity index (χ2n) is 7.02. The number of ketones is 1. The molecule has 0 fully saturated rings. The topological polar surface area (TPSA) is 75.6 Å². The van der Waals surface area contributed by atoms with Crippen molar-refractivity contribution in [2.24, 2.45) is 0 Å². The van der Waals surface area contributed by atoms with E-state index in [1.807, 2.05) is 24.4 Å². The Morgan fingerprint density at radius 2 is 2.11 bits per heavy atom. The number of thiophene rings is 1. The predicted molar refractivity (Wildman–Crippen MR) is 111 cm³/mol. The summed E-state index contributed by atoms with van der Waals surface area (Å²) in [4.78, 5) is 26.7. The normalized spacial score (nSPS) is 22.1. The van der Waals surface area contributed by atoms with Crippen molar-refractivity contribution in [1.82, 2.24) is 5.32 Å². The van der Waals surface area contributed by atoms with Crippen LogP contribution in [0.5, 0.6) is 11.5 Å². The number of aromatic hydroxyl groups is 1. The third kappa shape index (κ3) is 3.49. The molecule has 2 atom stereocenters. The fraction of sp³-hybridized carbons (Fsp3) is 0.333. The third-order valence-corrected chi connectivity index (χ3v) is 6.87. The minimum atomic E-state index is -0.336. The maximum atomic E-state index is 13.1. The molecule has 0 bridgehead atoms. The fourth-order valence-electron chi connectivity index (χ4n) is 4.03. The summed E-state index contributed by atoms with van der Waals surface area (Å²) in [6.07, 6.45) is 1.31. The Morgan fingerprint density at radius 3 is 2.82 bits per heavy atom. The number of carbonyl (C=O) groups excluding carboxylic acids is 2. The molecule has 5 nitrogen and oxygen atoms in total. The molecule has 7 heteroatoms. The van der Waals surface area contributed by atoms with Crippen LogP contribution in [0.1, 0.15) is 48.5 Å². The molecule has 0 saturated heterocycles. The molecule has 2 aromatic rings. The Kier molecular flexibility index (Phi) is 5.29. The zero-order chi connectivity index (χ0) is 19.8. The summed E-state index contributed by atoms with van der Waals surface area (Å²) in [7, 11) is 0. The Labute approximate surface area is 175 Å². The quantitative estimate of drug-likeness (QED) is 0.696. The van der Waals surface area contributed by atoms with E-state index >= 15 is 0 Å². The van der Waals surface area contributed by atoms with Crippen LogP contribution < -0.4 is 10.1 Å². The van der Waals surface area contributed by atoms with Crippen LogP contribution in [-0.4, -0.2) is 23.4 Å². The molecule has 0 spiro atoms. The number of rotatable bonds is 4. The maximum Gasteiger partial charge on any atom is 0.225 e. The summed E-state index contributed by atoms with van der Waals surface area (Å²) in [5, 5.41) is 15.1. The molecule has 4 rings (SSSR count). The van der Waals surface area contributed by atoms with Gasteiger partial charge in [0.15, 0.2) is 17.3 Å². The lowest BCUT2D eigenvalue weighted by atomic mass is 9.74. The van der Waals surface area contributed by atoms with Crippen molar-refractivity contribution < 1.29 is 19.4 Å². The van der Waals surface area contributed by atoms with Crippen LogP contribution in [0.25, 0.3) is 0 Å². The van der Waals surface area contributed by atoms with Crippen molar-refractivity contribution in [3.63, 3.8) is 0 Å². The first kappa shape index (κ1) is 19.2. The summed E-state index contributed by atoms with van der Waals surface area (Å²) in [5.74, 6) is 0.123. The standard InChI is InChI=1S/C21H20BrNO4S/c1-2-27-17-9-11(6-14(22)21(17)26)13-10-19(25)23-15-7-12(8-16(24)20(13)15)18-4-3-5-28-18/h3-6,9,12-13,26H,2,7-8,10H2,1H3,(H,23,25)/t12-,13-/m1/s1. The SMILES string of the molecule is CCOc1cc([C@H]2CC(=O)NC3=C2C(=O)C[C@H](c2cccs2)C3)cc(Br)c1O. The molecule has 28 heavy (non-hydrogen) atoms. The van der Waals surface area contributed by atoms with Gasteiger partial charge in [0.25, 0.3) is 0 Å². The van der Waals surface area contributed by atoms with Gasteiger partial charge in [0.2, 0.25) is 5.91 Å². The number of halogens is 1. The van der Waals surface area contributed by atoms with Crippen molar-refractivity contribution >= 4 is 39.0 Å². The number of hydrogen-bond donors (Lipinski definition) is 2. The lowest BCUT2D eigenvalue weighted by molar-refractivity contribution is -0.122. The van der Waals surface area contributed by atoms with E-state index in [4.69, 9.17) is 4.74 Å². The highest BCUT2D eigenvalue weighted by Crippen LogP contribution is 2.46. The summed E-state index contributed by atoms with van der Waals surface area (Å²) >= 11 is 5.00. The zero-order valence-electron chi connectivity index (χ0n) is 15.3. The van der Waals surface area contributed by atoms with E-state index in [0.29, 0.717) is 35.2 Å². The molecule has 0 unspecified atom stereocenters. The van der Waals surface area contributed by atoms with E-state index in [0.717, 1.165) is 11.3 Å². The smallest absolute Gasteiger partial charge is 0.225 e. The van der Waals surface area contributed by atoms with Crippen molar-refractivity contribution in [3.05, 3.63) is 55.8 Å². The lowest BCUT2D eigenvalue weighted by Gasteiger charge is -2.34. The van der Waals surface area contributed by atoms with E-state index in [9.17, 15) is 14.7 Å². The Bertz CT molecular complexity index is 967. The summed E-state index contributed by atoms with van der Waals surface area (Å²) in [6, 6.07) is 7.53. The van der Waals surface area contributed by atoms with Crippen LogP contribution in [-0.2, 0) is 9.59 Å². The van der Waals surface area contributed by atoms with Crippen molar-refractivity contribution in [2.45, 2.75) is 38.0 Å². The van der Waals surface area contributed by atoms with E-state index in [1.54, 1.807) is 23.5 Å². The molecule has 2 aliphatic rings. The number of benzene rings is 1. The summed E-state index contributed by atoms with van der Waals surface area (Å²) < 4.78 is 6.01. The summed E-state index contributed by atoms with van der Waals surface area (Å²) in [6.45, 7) is 2.24. The fourth-order valence-corrected chi connectivity index (χ4v) is 5.32. The van der Waals surface area contributed by atoms with E-state index < -0.39 is 0 Å². The zero-order valence-corrected chi connectivity index (χ0v) is 17.7. The number of hydrogen-bond acceptors (Lipinski definition) is 5. The van der Waals surface area contributed by atoms with Gasteiger partial charge in [-0.15, -0.1) is 11.3 Å². The Morgan fingerprint density at radius 1 is 1.29 bits per heavy atom. The molecule has 1 aliphatic carbocycles. The average Bonchev–Trinajstić information content (AvgIpc) is 3.19. The number of allylic oxidation sites excluding steroid dienone is 2. The summed E-state index contributed by atoms with van der Waals surface area (Å²) in [5.41, 5.74) is 2.21. The van der Waals surface area contributed by atoms with Gasteiger partial charge in [-0.3, -0.25) is 9.59 Å². The molecule has 1 amide bonds. The van der Waals surface area contributed by atoms with Gasteiger partial charge in [-0.2, -0.15) is 0 Å². The number of phenolic OH excluding ortho intramolecular Hbond substituents is 1. The lowest BCUT2D eigenvalue weighted by Crippen LogP contribution is -2.38. The van der Waals surface area contributed by atoms with E-state index in [2.05, 4.69) is 21.2 Å². The van der Waals surface area contributed by atoms with Gasteiger partial charge in [0.1, 0.15) is 0 Å². The minimum absolute atomic E-state index is 0.0211.